The maximum absolute atomic E-state index is 12.9. The van der Waals surface area contributed by atoms with Gasteiger partial charge in [-0.15, -0.1) is 5.10 Å². The molecule has 0 aliphatic carbocycles. The van der Waals surface area contributed by atoms with Crippen LogP contribution in [0.4, 0.5) is 13.2 Å². The van der Waals surface area contributed by atoms with E-state index in [0.29, 0.717) is 16.8 Å². The molecule has 1 unspecified atom stereocenters. The average molecular weight is 296 g/mol. The van der Waals surface area contributed by atoms with Crippen LogP contribution in [0.15, 0.2) is 28.4 Å². The van der Waals surface area contributed by atoms with Crippen LogP contribution in [-0.4, -0.2) is 23.4 Å². The molecule has 0 spiro atoms. The number of halogens is 3. The Hall–Kier alpha value is -1.98. The molecule has 1 aliphatic heterocycles. The molecule has 0 amide bonds. The third-order valence-electron chi connectivity index (χ3n) is 3.53. The molecule has 0 saturated heterocycles. The van der Waals surface area contributed by atoms with Crippen LogP contribution in [0.3, 0.4) is 0 Å². The molecule has 1 aromatic carbocycles. The van der Waals surface area contributed by atoms with Gasteiger partial charge in [0, 0.05) is 5.56 Å². The predicted molar refractivity (Wildman–Crippen MR) is 75.0 cm³/mol. The van der Waals surface area contributed by atoms with Crippen molar-refractivity contribution in [3.05, 3.63) is 34.9 Å². The van der Waals surface area contributed by atoms with E-state index < -0.39 is 17.8 Å². The first-order valence-electron chi connectivity index (χ1n) is 6.60. The van der Waals surface area contributed by atoms with Crippen molar-refractivity contribution >= 4 is 17.2 Å². The summed E-state index contributed by atoms with van der Waals surface area (Å²) in [6.07, 6.45) is -4.20. The molecular weight excluding hydrogens is 281 g/mol. The van der Waals surface area contributed by atoms with Crippen LogP contribution in [0.25, 0.3) is 0 Å². The molecule has 1 atom stereocenters. The fourth-order valence-electron chi connectivity index (χ4n) is 2.49. The number of rotatable bonds is 3. The Balaban J connectivity index is 2.37. The van der Waals surface area contributed by atoms with Crippen LogP contribution in [0, 0.1) is 12.8 Å². The maximum atomic E-state index is 12.9. The van der Waals surface area contributed by atoms with E-state index in [0.717, 1.165) is 5.56 Å². The van der Waals surface area contributed by atoms with Crippen molar-refractivity contribution in [2.24, 2.45) is 16.1 Å². The van der Waals surface area contributed by atoms with Gasteiger partial charge in [-0.2, -0.15) is 18.3 Å². The number of benzene rings is 1. The van der Waals surface area contributed by atoms with Crippen LogP contribution in [-0.2, 0) is 0 Å². The van der Waals surface area contributed by atoms with E-state index in [1.165, 1.54) is 6.92 Å². The minimum absolute atomic E-state index is 0.0771. The number of alkyl halides is 3. The Bertz CT molecular complexity index is 645. The van der Waals surface area contributed by atoms with Gasteiger partial charge in [-0.25, -0.2) is 0 Å². The third kappa shape index (κ3) is 2.89. The van der Waals surface area contributed by atoms with Crippen LogP contribution in [0.2, 0.25) is 0 Å². The smallest absolute Gasteiger partial charge is 0.295 e. The van der Waals surface area contributed by atoms with Crippen LogP contribution >= 0.6 is 0 Å². The van der Waals surface area contributed by atoms with Gasteiger partial charge in [-0.1, -0.05) is 19.1 Å². The molecule has 1 aliphatic rings. The summed E-state index contributed by atoms with van der Waals surface area (Å²) in [4.78, 5) is 11.4. The number of Topliss-reactive ketones (excluding diaryl/α,β-unsaturated/α-hetero) is 1. The van der Waals surface area contributed by atoms with Crippen LogP contribution in [0.5, 0.6) is 0 Å². The number of hydrogen-bond donors (Lipinski definition) is 0. The van der Waals surface area contributed by atoms with Gasteiger partial charge in [0.1, 0.15) is 0 Å². The second kappa shape index (κ2) is 5.42. The zero-order valence-corrected chi connectivity index (χ0v) is 12.0. The second-order valence-corrected chi connectivity index (χ2v) is 5.01. The molecule has 112 valence electrons. The van der Waals surface area contributed by atoms with E-state index in [1.807, 2.05) is 0 Å². The van der Waals surface area contributed by atoms with E-state index in [9.17, 15) is 18.0 Å². The highest BCUT2D eigenvalue weighted by atomic mass is 19.4. The van der Waals surface area contributed by atoms with Crippen LogP contribution in [0.1, 0.15) is 41.8 Å². The van der Waals surface area contributed by atoms with Gasteiger partial charge in [0.05, 0.1) is 11.6 Å². The normalized spacial score (nSPS) is 18.5. The molecule has 0 radical (unpaired) electrons. The van der Waals surface area contributed by atoms with E-state index in [-0.39, 0.29) is 12.2 Å². The van der Waals surface area contributed by atoms with Gasteiger partial charge in [-0.3, -0.25) is 4.79 Å². The van der Waals surface area contributed by atoms with Crippen LogP contribution < -0.4 is 0 Å². The fraction of sp³-hybridized carbons (Fsp3) is 0.400. The Morgan fingerprint density at radius 1 is 1.29 bits per heavy atom. The highest BCUT2D eigenvalue weighted by molar-refractivity contribution is 6.19. The Labute approximate surface area is 120 Å². The summed E-state index contributed by atoms with van der Waals surface area (Å²) in [5.41, 5.74) is 1.31. The topological polar surface area (TPSA) is 41.8 Å². The van der Waals surface area contributed by atoms with Crippen molar-refractivity contribution in [3.63, 3.8) is 0 Å². The van der Waals surface area contributed by atoms with E-state index in [2.05, 4.69) is 10.2 Å². The third-order valence-corrected chi connectivity index (χ3v) is 3.53. The van der Waals surface area contributed by atoms with Crippen molar-refractivity contribution < 1.29 is 18.0 Å². The molecule has 3 nitrogen and oxygen atoms in total. The van der Waals surface area contributed by atoms with E-state index in [4.69, 9.17) is 0 Å². The summed E-state index contributed by atoms with van der Waals surface area (Å²) >= 11 is 0. The van der Waals surface area contributed by atoms with E-state index in [1.54, 1.807) is 32.0 Å². The minimum atomic E-state index is -4.47. The first-order valence-corrected chi connectivity index (χ1v) is 6.60. The standard InChI is InChI=1S/C15H15F3N2O/c1-4-11-13(19-20-14(11)15(16,17)18)10-5-6-12(9(3)21)8(2)7-10/h5-7,11H,4H2,1-3H3. The van der Waals surface area contributed by atoms with Crippen molar-refractivity contribution in [1.29, 1.82) is 0 Å². The summed E-state index contributed by atoms with van der Waals surface area (Å²) in [7, 11) is 0. The highest BCUT2D eigenvalue weighted by Crippen LogP contribution is 2.31. The van der Waals surface area contributed by atoms with Crippen molar-refractivity contribution in [2.45, 2.75) is 33.4 Å². The lowest BCUT2D eigenvalue weighted by Gasteiger charge is -2.16. The molecular formula is C15H15F3N2O. The second-order valence-electron chi connectivity index (χ2n) is 5.01. The van der Waals surface area contributed by atoms with Gasteiger partial charge in [-0.05, 0) is 37.5 Å². The molecule has 0 aromatic heterocycles. The monoisotopic (exact) mass is 296 g/mol. The summed E-state index contributed by atoms with van der Waals surface area (Å²) in [6, 6.07) is 4.93. The number of carbonyl (C=O) groups excluding carboxylic acids is 1. The lowest BCUT2D eigenvalue weighted by atomic mass is 9.89. The molecule has 6 heteroatoms. The molecule has 1 heterocycles. The quantitative estimate of drug-likeness (QED) is 0.779. The van der Waals surface area contributed by atoms with Gasteiger partial charge in [0.2, 0.25) is 0 Å². The SMILES string of the molecule is CCC1C(c2ccc(C(C)=O)c(C)c2)=NN=C1C(F)(F)F. The molecule has 1 aromatic rings. The highest BCUT2D eigenvalue weighted by Gasteiger charge is 2.44. The Kier molecular flexibility index (Phi) is 3.98. The molecule has 0 N–H and O–H groups in total. The average Bonchev–Trinajstić information content (AvgIpc) is 2.81. The fourth-order valence-corrected chi connectivity index (χ4v) is 2.49. The molecule has 0 fully saturated rings. The number of aryl methyl sites for hydroxylation is 1. The zero-order valence-electron chi connectivity index (χ0n) is 12.0. The van der Waals surface area contributed by atoms with Crippen molar-refractivity contribution in [3.8, 4) is 0 Å². The number of hydrogen-bond acceptors (Lipinski definition) is 3. The minimum Gasteiger partial charge on any atom is -0.295 e. The molecule has 0 saturated carbocycles. The van der Waals surface area contributed by atoms with E-state index >= 15 is 0 Å². The lowest BCUT2D eigenvalue weighted by Crippen LogP contribution is -2.32. The number of ketones is 1. The first-order chi connectivity index (χ1) is 9.75. The first kappa shape index (κ1) is 15.4. The maximum Gasteiger partial charge on any atom is 0.431 e. The summed E-state index contributed by atoms with van der Waals surface area (Å²) < 4.78 is 38.7. The Morgan fingerprint density at radius 2 is 1.95 bits per heavy atom. The summed E-state index contributed by atoms with van der Waals surface area (Å²) in [5, 5.41) is 7.04. The molecule has 2 rings (SSSR count). The summed E-state index contributed by atoms with van der Waals surface area (Å²) in [6.45, 7) is 4.88. The number of nitrogens with zero attached hydrogens (tertiary/aromatic N) is 2. The van der Waals surface area contributed by atoms with Gasteiger partial charge >= 0.3 is 6.18 Å². The largest absolute Gasteiger partial charge is 0.431 e. The van der Waals surface area contributed by atoms with Crippen molar-refractivity contribution in [1.82, 2.24) is 0 Å². The van der Waals surface area contributed by atoms with Gasteiger partial charge in [0.25, 0.3) is 0 Å². The molecule has 0 bridgehead atoms. The molecule has 21 heavy (non-hydrogen) atoms. The summed E-state index contributed by atoms with van der Waals surface area (Å²) in [5.74, 6) is -0.931. The Morgan fingerprint density at radius 3 is 2.43 bits per heavy atom. The predicted octanol–water partition coefficient (Wildman–Crippen LogP) is 3.94. The van der Waals surface area contributed by atoms with Crippen molar-refractivity contribution in [2.75, 3.05) is 0 Å². The van der Waals surface area contributed by atoms with Gasteiger partial charge in [0.15, 0.2) is 11.5 Å². The lowest BCUT2D eigenvalue weighted by molar-refractivity contribution is -0.0615. The number of carbonyl (C=O) groups is 1. The van der Waals surface area contributed by atoms with Gasteiger partial charge < -0.3 is 0 Å². The zero-order chi connectivity index (χ0) is 15.8.